The number of likely N-dealkylation sites (tertiary alicyclic amines) is 2. The van der Waals surface area contributed by atoms with E-state index in [4.69, 9.17) is 4.74 Å². The van der Waals surface area contributed by atoms with Crippen LogP contribution in [0.4, 0.5) is 4.79 Å². The lowest BCUT2D eigenvalue weighted by molar-refractivity contribution is -0.203. The van der Waals surface area contributed by atoms with Crippen LogP contribution in [0.15, 0.2) is 0 Å². The van der Waals surface area contributed by atoms with E-state index in [9.17, 15) is 15.0 Å². The Morgan fingerprint density at radius 1 is 0.884 bits per heavy atom. The van der Waals surface area contributed by atoms with Crippen molar-refractivity contribution in [1.82, 2.24) is 9.80 Å². The molecule has 43 heavy (non-hydrogen) atoms. The molecule has 6 rings (SSSR count). The molecule has 246 valence electrons. The topological polar surface area (TPSA) is 73.2 Å². The van der Waals surface area contributed by atoms with Crippen LogP contribution < -0.4 is 0 Å². The fourth-order valence-electron chi connectivity index (χ4n) is 12.5. The third kappa shape index (κ3) is 5.93. The van der Waals surface area contributed by atoms with E-state index >= 15 is 0 Å². The smallest absolute Gasteiger partial charge is 0.409 e. The maximum atomic E-state index is 12.8. The minimum absolute atomic E-state index is 0.102. The lowest BCUT2D eigenvalue weighted by Gasteiger charge is -2.64. The molecule has 1 amide bonds. The van der Waals surface area contributed by atoms with E-state index in [1.807, 2.05) is 4.90 Å². The molecule has 2 heterocycles. The van der Waals surface area contributed by atoms with Gasteiger partial charge in [-0.3, -0.25) is 0 Å². The van der Waals surface area contributed by atoms with Gasteiger partial charge in [-0.1, -0.05) is 40.5 Å². The van der Waals surface area contributed by atoms with Gasteiger partial charge in [-0.15, -0.1) is 0 Å². The van der Waals surface area contributed by atoms with E-state index in [1.165, 1.54) is 58.0 Å². The van der Waals surface area contributed by atoms with Crippen molar-refractivity contribution in [2.75, 3.05) is 32.8 Å². The van der Waals surface area contributed by atoms with E-state index in [1.54, 1.807) is 0 Å². The fraction of sp³-hybridized carbons (Fsp3) is 0.973. The number of aliphatic hydroxyl groups excluding tert-OH is 2. The predicted octanol–water partition coefficient (Wildman–Crippen LogP) is 7.12. The van der Waals surface area contributed by atoms with Crippen molar-refractivity contribution in [2.24, 2.45) is 52.3 Å². The van der Waals surface area contributed by atoms with E-state index in [0.717, 1.165) is 64.5 Å². The van der Waals surface area contributed by atoms with E-state index < -0.39 is 0 Å². The molecule has 0 unspecified atom stereocenters. The highest BCUT2D eigenvalue weighted by atomic mass is 16.6. The summed E-state index contributed by atoms with van der Waals surface area (Å²) in [6, 6.07) is 0.652. The van der Waals surface area contributed by atoms with Gasteiger partial charge in [0, 0.05) is 19.1 Å². The van der Waals surface area contributed by atoms with Crippen LogP contribution in [0.2, 0.25) is 0 Å². The molecular weight excluding hydrogens is 536 g/mol. The third-order valence-corrected chi connectivity index (χ3v) is 14.8. The normalized spacial score (nSPS) is 44.7. The van der Waals surface area contributed by atoms with Crippen molar-refractivity contribution >= 4 is 6.09 Å². The third-order valence-electron chi connectivity index (χ3n) is 14.8. The van der Waals surface area contributed by atoms with Crippen LogP contribution in [0, 0.1) is 52.3 Å². The molecule has 6 fully saturated rings. The summed E-state index contributed by atoms with van der Waals surface area (Å²) in [4.78, 5) is 17.4. The molecule has 0 radical (unpaired) electrons. The summed E-state index contributed by atoms with van der Waals surface area (Å²) in [7, 11) is 0. The molecule has 0 aromatic rings. The van der Waals surface area contributed by atoms with Crippen LogP contribution in [0.1, 0.15) is 124 Å². The minimum atomic E-state index is -0.221. The van der Waals surface area contributed by atoms with Crippen LogP contribution in [0.3, 0.4) is 0 Å². The molecule has 0 aromatic carbocycles. The molecular formula is C37H64N2O4. The molecule has 2 saturated heterocycles. The number of fused-ring (bicyclic) bond motifs is 5. The highest BCUT2D eigenvalue weighted by Gasteiger charge is 2.64. The Hall–Kier alpha value is -0.850. The van der Waals surface area contributed by atoms with Gasteiger partial charge in [-0.2, -0.15) is 0 Å². The van der Waals surface area contributed by atoms with Crippen LogP contribution in [0.25, 0.3) is 0 Å². The maximum absolute atomic E-state index is 12.8. The van der Waals surface area contributed by atoms with Gasteiger partial charge in [-0.05, 0) is 149 Å². The number of nitrogens with zero attached hydrogens (tertiary/aromatic N) is 2. The van der Waals surface area contributed by atoms with Gasteiger partial charge < -0.3 is 24.7 Å². The van der Waals surface area contributed by atoms with E-state index in [0.29, 0.717) is 59.5 Å². The summed E-state index contributed by atoms with van der Waals surface area (Å²) >= 11 is 0. The predicted molar refractivity (Wildman–Crippen MR) is 172 cm³/mol. The molecule has 0 spiro atoms. The number of hydrogen-bond donors (Lipinski definition) is 2. The first-order chi connectivity index (χ1) is 20.7. The Labute approximate surface area is 262 Å². The largest absolute Gasteiger partial charge is 0.449 e. The Kier molecular flexibility index (Phi) is 9.78. The number of hydrogen-bond acceptors (Lipinski definition) is 5. The fourth-order valence-corrected chi connectivity index (χ4v) is 12.5. The van der Waals surface area contributed by atoms with Crippen LogP contribution in [0.5, 0.6) is 0 Å². The molecule has 2 aliphatic heterocycles. The SMILES string of the molecule is CC[C@H]1[C@@H](O)[C@@H]2[C@H](CC[C@]3(C)[C@@H]([C@H](C)CCCOC(=O)N4CCC(N5CCCCC5)CC4)CC[C@@H]23)[C@@]2(C)CC[C@@H](O)C[C@@H]12. The van der Waals surface area contributed by atoms with Crippen LogP contribution in [-0.2, 0) is 4.74 Å². The quantitative estimate of drug-likeness (QED) is 0.305. The van der Waals surface area contributed by atoms with Gasteiger partial charge in [-0.25, -0.2) is 4.79 Å². The summed E-state index contributed by atoms with van der Waals surface area (Å²) < 4.78 is 5.81. The molecule has 11 atom stereocenters. The Bertz CT molecular complexity index is 947. The standard InChI is InChI=1S/C37H64N2O4/c1-5-28-32-24-27(40)13-17-37(32,4)31-14-18-36(3)29(11-12-30(36)33(31)34(28)41)25(2)10-9-23-43-35(42)39-21-15-26(16-22-39)38-19-7-6-8-20-38/h25-34,40-41H,5-24H2,1-4H3/t25-,27-,28-,29-,30+,31+,32+,33+,34-,36-,37-/m1/s1. The summed E-state index contributed by atoms with van der Waals surface area (Å²) in [6.07, 6.45) is 16.8. The van der Waals surface area contributed by atoms with Crippen molar-refractivity contribution in [3.8, 4) is 0 Å². The van der Waals surface area contributed by atoms with Gasteiger partial charge in [0.15, 0.2) is 0 Å². The van der Waals surface area contributed by atoms with Crippen molar-refractivity contribution < 1.29 is 19.7 Å². The number of rotatable bonds is 7. The second-order valence-corrected chi connectivity index (χ2v) is 16.7. The number of ether oxygens (including phenoxy) is 1. The van der Waals surface area contributed by atoms with Crippen molar-refractivity contribution in [3.63, 3.8) is 0 Å². The molecule has 2 N–H and O–H groups in total. The second kappa shape index (κ2) is 13.1. The summed E-state index contributed by atoms with van der Waals surface area (Å²) in [5.41, 5.74) is 0.564. The number of aliphatic hydroxyl groups is 2. The highest BCUT2D eigenvalue weighted by molar-refractivity contribution is 5.67. The number of carbonyl (C=O) groups is 1. The van der Waals surface area contributed by atoms with E-state index in [-0.39, 0.29) is 23.7 Å². The molecule has 4 aliphatic carbocycles. The molecule has 4 saturated carbocycles. The van der Waals surface area contributed by atoms with Crippen LogP contribution in [-0.4, -0.2) is 77.1 Å². The molecule has 0 aromatic heterocycles. The first kappa shape index (κ1) is 32.1. The highest BCUT2D eigenvalue weighted by Crippen LogP contribution is 2.69. The summed E-state index contributed by atoms with van der Waals surface area (Å²) in [5, 5.41) is 22.5. The first-order valence-corrected chi connectivity index (χ1v) is 18.7. The minimum Gasteiger partial charge on any atom is -0.449 e. The average molecular weight is 601 g/mol. The molecule has 6 nitrogen and oxygen atoms in total. The van der Waals surface area contributed by atoms with Crippen molar-refractivity contribution in [3.05, 3.63) is 0 Å². The molecule has 6 aliphatic rings. The van der Waals surface area contributed by atoms with Gasteiger partial charge in [0.2, 0.25) is 0 Å². The molecule has 0 bridgehead atoms. The van der Waals surface area contributed by atoms with E-state index in [2.05, 4.69) is 32.6 Å². The zero-order valence-electron chi connectivity index (χ0n) is 28.0. The van der Waals surface area contributed by atoms with Gasteiger partial charge in [0.05, 0.1) is 18.8 Å². The Morgan fingerprint density at radius 2 is 1.58 bits per heavy atom. The van der Waals surface area contributed by atoms with Crippen molar-refractivity contribution in [1.29, 1.82) is 0 Å². The Morgan fingerprint density at radius 3 is 2.30 bits per heavy atom. The average Bonchev–Trinajstić information content (AvgIpc) is 3.38. The lowest BCUT2D eigenvalue weighted by Crippen LogP contribution is -2.62. The van der Waals surface area contributed by atoms with Gasteiger partial charge in [0.25, 0.3) is 0 Å². The maximum Gasteiger partial charge on any atom is 0.409 e. The van der Waals surface area contributed by atoms with Crippen LogP contribution >= 0.6 is 0 Å². The monoisotopic (exact) mass is 600 g/mol. The summed E-state index contributed by atoms with van der Waals surface area (Å²) in [6.45, 7) is 14.5. The van der Waals surface area contributed by atoms with Gasteiger partial charge >= 0.3 is 6.09 Å². The van der Waals surface area contributed by atoms with Crippen molar-refractivity contribution in [2.45, 2.75) is 142 Å². The first-order valence-electron chi connectivity index (χ1n) is 18.7. The number of amides is 1. The number of piperidine rings is 2. The Balaban J connectivity index is 0.996. The summed E-state index contributed by atoms with van der Waals surface area (Å²) in [5.74, 6) is 3.71. The van der Waals surface area contributed by atoms with Gasteiger partial charge in [0.1, 0.15) is 0 Å². The second-order valence-electron chi connectivity index (χ2n) is 16.7. The lowest BCUT2D eigenvalue weighted by atomic mass is 9.41. The zero-order chi connectivity index (χ0) is 30.4. The number of carbonyl (C=O) groups excluding carboxylic acids is 1. The zero-order valence-corrected chi connectivity index (χ0v) is 28.0. The molecule has 6 heteroatoms.